The van der Waals surface area contributed by atoms with Crippen molar-refractivity contribution in [3.63, 3.8) is 0 Å². The van der Waals surface area contributed by atoms with Crippen LogP contribution in [0, 0.1) is 12.7 Å². The smallest absolute Gasteiger partial charge is 0.340 e. The molecule has 0 fully saturated rings. The predicted octanol–water partition coefficient (Wildman–Crippen LogP) is 2.72. The molecule has 0 aliphatic carbocycles. The second-order valence-corrected chi connectivity index (χ2v) is 6.21. The molecule has 1 N–H and O–H groups in total. The van der Waals surface area contributed by atoms with E-state index in [0.717, 1.165) is 19.2 Å². The molecule has 2 aromatic carbocycles. The Kier molecular flexibility index (Phi) is 4.46. The molecule has 0 aliphatic heterocycles. The van der Waals surface area contributed by atoms with Gasteiger partial charge < -0.3 is 4.74 Å². The van der Waals surface area contributed by atoms with Gasteiger partial charge in [0.15, 0.2) is 0 Å². The lowest BCUT2D eigenvalue weighted by atomic mass is 10.2. The number of hydrogen-bond acceptors (Lipinski definition) is 4. The summed E-state index contributed by atoms with van der Waals surface area (Å²) in [5.41, 5.74) is 0.330. The molecule has 7 heteroatoms. The van der Waals surface area contributed by atoms with E-state index in [-0.39, 0.29) is 16.1 Å². The number of rotatable bonds is 4. The number of ether oxygens (including phenoxy) is 1. The minimum absolute atomic E-state index is 0.0217. The zero-order valence-electron chi connectivity index (χ0n) is 12.0. The van der Waals surface area contributed by atoms with Crippen molar-refractivity contribution in [2.24, 2.45) is 0 Å². The van der Waals surface area contributed by atoms with Gasteiger partial charge >= 0.3 is 5.97 Å². The molecule has 2 aromatic rings. The molecule has 0 amide bonds. The third-order valence-corrected chi connectivity index (χ3v) is 4.55. The maximum Gasteiger partial charge on any atom is 0.340 e. The average Bonchev–Trinajstić information content (AvgIpc) is 2.46. The summed E-state index contributed by atoms with van der Waals surface area (Å²) in [5, 5.41) is 0. The largest absolute Gasteiger partial charge is 0.465 e. The average molecular weight is 323 g/mol. The van der Waals surface area contributed by atoms with Crippen LogP contribution in [0.15, 0.2) is 47.4 Å². The summed E-state index contributed by atoms with van der Waals surface area (Å²) < 4.78 is 45.1. The number of aryl methyl sites for hydroxylation is 1. The maximum atomic E-state index is 13.8. The van der Waals surface area contributed by atoms with Crippen molar-refractivity contribution >= 4 is 21.7 Å². The first-order valence-electron chi connectivity index (χ1n) is 6.31. The van der Waals surface area contributed by atoms with Crippen LogP contribution in [0.1, 0.15) is 15.9 Å². The number of carbonyl (C=O) groups is 1. The molecule has 0 aromatic heterocycles. The molecule has 0 saturated heterocycles. The van der Waals surface area contributed by atoms with Gasteiger partial charge in [-0.25, -0.2) is 17.6 Å². The predicted molar refractivity (Wildman–Crippen MR) is 79.7 cm³/mol. The third-order valence-electron chi connectivity index (χ3n) is 3.01. The Morgan fingerprint density at radius 2 is 1.86 bits per heavy atom. The van der Waals surface area contributed by atoms with E-state index < -0.39 is 21.8 Å². The van der Waals surface area contributed by atoms with Gasteiger partial charge in [0.2, 0.25) is 0 Å². The highest BCUT2D eigenvalue weighted by Gasteiger charge is 2.18. The van der Waals surface area contributed by atoms with Crippen molar-refractivity contribution in [3.8, 4) is 0 Å². The van der Waals surface area contributed by atoms with E-state index in [1.807, 2.05) is 0 Å². The number of esters is 1. The monoisotopic (exact) mass is 323 g/mol. The Hall–Kier alpha value is -2.41. The number of nitrogens with one attached hydrogen (secondary N) is 1. The van der Waals surface area contributed by atoms with Gasteiger partial charge in [0.05, 0.1) is 23.3 Å². The minimum Gasteiger partial charge on any atom is -0.465 e. The van der Waals surface area contributed by atoms with E-state index in [1.54, 1.807) is 25.1 Å². The van der Waals surface area contributed by atoms with Crippen molar-refractivity contribution in [1.82, 2.24) is 0 Å². The normalized spacial score (nSPS) is 11.0. The van der Waals surface area contributed by atoms with Crippen molar-refractivity contribution in [2.75, 3.05) is 11.8 Å². The highest BCUT2D eigenvalue weighted by molar-refractivity contribution is 7.92. The van der Waals surface area contributed by atoms with E-state index in [4.69, 9.17) is 0 Å². The quantitative estimate of drug-likeness (QED) is 0.878. The standard InChI is InChI=1S/C15H14FNO4S/c1-10-5-3-4-6-14(10)22(19,20)17-11-7-8-12(13(16)9-11)15(18)21-2/h3-9,17H,1-2H3. The summed E-state index contributed by atoms with van der Waals surface area (Å²) in [7, 11) is -2.70. The molecule has 22 heavy (non-hydrogen) atoms. The number of hydrogen-bond donors (Lipinski definition) is 1. The van der Waals surface area contributed by atoms with Crippen LogP contribution in [0.3, 0.4) is 0 Å². The van der Waals surface area contributed by atoms with Gasteiger partial charge in [-0.05, 0) is 36.8 Å². The maximum absolute atomic E-state index is 13.8. The SMILES string of the molecule is COC(=O)c1ccc(NS(=O)(=O)c2ccccc2C)cc1F. The van der Waals surface area contributed by atoms with E-state index in [0.29, 0.717) is 5.56 Å². The summed E-state index contributed by atoms with van der Waals surface area (Å²) >= 11 is 0. The Bertz CT molecular complexity index is 818. The molecular formula is C15H14FNO4S. The van der Waals surface area contributed by atoms with Crippen molar-refractivity contribution < 1.29 is 22.3 Å². The topological polar surface area (TPSA) is 72.5 Å². The molecule has 0 heterocycles. The Labute approximate surface area is 127 Å². The zero-order valence-corrected chi connectivity index (χ0v) is 12.8. The lowest BCUT2D eigenvalue weighted by Crippen LogP contribution is -2.15. The fourth-order valence-corrected chi connectivity index (χ4v) is 3.22. The zero-order chi connectivity index (χ0) is 16.3. The molecule has 0 bridgehead atoms. The van der Waals surface area contributed by atoms with E-state index in [9.17, 15) is 17.6 Å². The number of halogens is 1. The first kappa shape index (κ1) is 16.0. The number of methoxy groups -OCH3 is 1. The Morgan fingerprint density at radius 3 is 2.45 bits per heavy atom. The molecule has 0 spiro atoms. The molecule has 0 unspecified atom stereocenters. The van der Waals surface area contributed by atoms with Crippen LogP contribution in [0.2, 0.25) is 0 Å². The summed E-state index contributed by atoms with van der Waals surface area (Å²) in [4.78, 5) is 11.4. The van der Waals surface area contributed by atoms with Gasteiger partial charge in [-0.3, -0.25) is 4.72 Å². The summed E-state index contributed by atoms with van der Waals surface area (Å²) in [5.74, 6) is -1.69. The van der Waals surface area contributed by atoms with Crippen LogP contribution in [0.25, 0.3) is 0 Å². The van der Waals surface area contributed by atoms with Gasteiger partial charge in [-0.1, -0.05) is 18.2 Å². The highest BCUT2D eigenvalue weighted by Crippen LogP contribution is 2.21. The second kappa shape index (κ2) is 6.15. The minimum atomic E-state index is -3.83. The van der Waals surface area contributed by atoms with Gasteiger partial charge in [0.25, 0.3) is 10.0 Å². The van der Waals surface area contributed by atoms with Crippen molar-refractivity contribution in [2.45, 2.75) is 11.8 Å². The lowest BCUT2D eigenvalue weighted by molar-refractivity contribution is 0.0595. The Morgan fingerprint density at radius 1 is 1.18 bits per heavy atom. The van der Waals surface area contributed by atoms with Crippen LogP contribution < -0.4 is 4.72 Å². The van der Waals surface area contributed by atoms with Crippen LogP contribution in [0.5, 0.6) is 0 Å². The van der Waals surface area contributed by atoms with Gasteiger partial charge in [-0.2, -0.15) is 0 Å². The molecule has 2 rings (SSSR count). The number of carbonyl (C=O) groups excluding carboxylic acids is 1. The first-order valence-corrected chi connectivity index (χ1v) is 7.80. The van der Waals surface area contributed by atoms with Gasteiger partial charge in [-0.15, -0.1) is 0 Å². The lowest BCUT2D eigenvalue weighted by Gasteiger charge is -2.11. The molecule has 0 radical (unpaired) electrons. The molecule has 0 aliphatic rings. The molecule has 116 valence electrons. The van der Waals surface area contributed by atoms with Crippen molar-refractivity contribution in [1.29, 1.82) is 0 Å². The van der Waals surface area contributed by atoms with Crippen molar-refractivity contribution in [3.05, 3.63) is 59.4 Å². The molecule has 0 atom stereocenters. The number of benzene rings is 2. The van der Waals surface area contributed by atoms with E-state index >= 15 is 0 Å². The summed E-state index contributed by atoms with van der Waals surface area (Å²) in [6.07, 6.45) is 0. The second-order valence-electron chi connectivity index (χ2n) is 4.56. The molecule has 5 nitrogen and oxygen atoms in total. The van der Waals surface area contributed by atoms with Crippen LogP contribution >= 0.6 is 0 Å². The van der Waals surface area contributed by atoms with Crippen LogP contribution in [-0.4, -0.2) is 21.5 Å². The van der Waals surface area contributed by atoms with E-state index in [1.165, 1.54) is 12.1 Å². The highest BCUT2D eigenvalue weighted by atomic mass is 32.2. The summed E-state index contributed by atoms with van der Waals surface area (Å²) in [6, 6.07) is 9.83. The number of sulfonamides is 1. The molecular weight excluding hydrogens is 309 g/mol. The van der Waals surface area contributed by atoms with Crippen LogP contribution in [0.4, 0.5) is 10.1 Å². The summed E-state index contributed by atoms with van der Waals surface area (Å²) in [6.45, 7) is 1.66. The number of anilines is 1. The third kappa shape index (κ3) is 3.25. The van der Waals surface area contributed by atoms with E-state index in [2.05, 4.69) is 9.46 Å². The fourth-order valence-electron chi connectivity index (χ4n) is 1.92. The molecule has 0 saturated carbocycles. The fraction of sp³-hybridized carbons (Fsp3) is 0.133. The van der Waals surface area contributed by atoms with Crippen LogP contribution in [-0.2, 0) is 14.8 Å². The first-order chi connectivity index (χ1) is 10.3. The Balaban J connectivity index is 2.33. The van der Waals surface area contributed by atoms with Gasteiger partial charge in [0, 0.05) is 0 Å². The van der Waals surface area contributed by atoms with Gasteiger partial charge in [0.1, 0.15) is 5.82 Å².